The SMILES string of the molecule is CC1(C)N=c2c([Se]CC(N)C(=O)O)ccc([N+](=O)[O-])c2=N1. The fourth-order valence-corrected chi connectivity index (χ4v) is 3.84. The summed E-state index contributed by atoms with van der Waals surface area (Å²) in [5.74, 6) is -1.06. The number of carboxylic acids is 1. The molecule has 1 atom stereocenters. The zero-order valence-corrected chi connectivity index (χ0v) is 13.2. The van der Waals surface area contributed by atoms with E-state index in [1.165, 1.54) is 6.07 Å². The fraction of sp³-hybridized carbons (Fsp3) is 0.417. The molecule has 0 bridgehead atoms. The normalized spacial score (nSPS) is 16.5. The minimum atomic E-state index is -1.06. The minimum absolute atomic E-state index is 0.0820. The fourth-order valence-electron chi connectivity index (χ4n) is 1.86. The summed E-state index contributed by atoms with van der Waals surface area (Å²) in [5, 5.41) is 20.9. The molecule has 0 saturated heterocycles. The van der Waals surface area contributed by atoms with Gasteiger partial charge in [0.2, 0.25) is 0 Å². The maximum atomic E-state index is 11.0. The third kappa shape index (κ3) is 3.26. The first-order valence-corrected chi connectivity index (χ1v) is 8.16. The summed E-state index contributed by atoms with van der Waals surface area (Å²) in [6.45, 7) is 3.52. The van der Waals surface area contributed by atoms with Gasteiger partial charge in [-0.05, 0) is 0 Å². The van der Waals surface area contributed by atoms with Crippen molar-refractivity contribution < 1.29 is 14.8 Å². The number of non-ortho nitro benzene ring substituents is 1. The molecule has 0 radical (unpaired) electrons. The Hall–Kier alpha value is -1.83. The van der Waals surface area contributed by atoms with Crippen LogP contribution in [0.15, 0.2) is 22.1 Å². The predicted octanol–water partition coefficient (Wildman–Crippen LogP) is -1.26. The van der Waals surface area contributed by atoms with Crippen molar-refractivity contribution in [2.75, 3.05) is 0 Å². The van der Waals surface area contributed by atoms with Gasteiger partial charge >= 0.3 is 125 Å². The summed E-state index contributed by atoms with van der Waals surface area (Å²) in [6, 6.07) is 2.07. The number of benzene rings is 1. The third-order valence-corrected chi connectivity index (χ3v) is 5.24. The average Bonchev–Trinajstić information content (AvgIpc) is 2.69. The Morgan fingerprint density at radius 3 is 2.67 bits per heavy atom. The monoisotopic (exact) mass is 358 g/mol. The molecule has 2 rings (SSSR count). The van der Waals surface area contributed by atoms with Crippen LogP contribution in [0.4, 0.5) is 5.69 Å². The first-order valence-electron chi connectivity index (χ1n) is 6.09. The van der Waals surface area contributed by atoms with Crippen molar-refractivity contribution in [2.45, 2.75) is 30.9 Å². The van der Waals surface area contributed by atoms with E-state index in [1.54, 1.807) is 19.9 Å². The molecule has 0 saturated carbocycles. The molecule has 3 N–H and O–H groups in total. The second kappa shape index (κ2) is 5.51. The zero-order chi connectivity index (χ0) is 15.8. The van der Waals surface area contributed by atoms with Gasteiger partial charge in [-0.2, -0.15) is 0 Å². The summed E-state index contributed by atoms with van der Waals surface area (Å²) in [6.07, 6.45) is 0. The molecule has 1 heterocycles. The van der Waals surface area contributed by atoms with Crippen molar-refractivity contribution in [3.8, 4) is 0 Å². The number of nitro groups is 1. The quantitative estimate of drug-likeness (QED) is 0.386. The van der Waals surface area contributed by atoms with Gasteiger partial charge in [0.05, 0.1) is 0 Å². The summed E-state index contributed by atoms with van der Waals surface area (Å²) in [4.78, 5) is 30.0. The molecule has 0 aliphatic carbocycles. The van der Waals surface area contributed by atoms with Gasteiger partial charge in [0.1, 0.15) is 0 Å². The first kappa shape index (κ1) is 15.6. The van der Waals surface area contributed by atoms with E-state index in [4.69, 9.17) is 10.8 Å². The molecular weight excluding hydrogens is 343 g/mol. The van der Waals surface area contributed by atoms with Crippen LogP contribution in [0.2, 0.25) is 5.32 Å². The Labute approximate surface area is 126 Å². The number of fused-ring (bicyclic) bond motifs is 1. The standard InChI is InChI=1S/C12H14N4O4Se/c1-12(2)14-9-7(16(19)20)3-4-8(10(9)15-12)21-5-6(13)11(17)18/h3-4,6H,5,13H2,1-2H3,(H,17,18). The molecule has 9 heteroatoms. The van der Waals surface area contributed by atoms with Crippen molar-refractivity contribution in [1.82, 2.24) is 0 Å². The number of hydrogen-bond donors (Lipinski definition) is 2. The van der Waals surface area contributed by atoms with Gasteiger partial charge in [-0.3, -0.25) is 0 Å². The van der Waals surface area contributed by atoms with Crippen LogP contribution >= 0.6 is 0 Å². The van der Waals surface area contributed by atoms with Crippen LogP contribution in [0.3, 0.4) is 0 Å². The van der Waals surface area contributed by atoms with E-state index in [0.717, 1.165) is 4.46 Å². The van der Waals surface area contributed by atoms with E-state index >= 15 is 0 Å². The molecule has 1 aliphatic heterocycles. The Balaban J connectivity index is 2.45. The maximum absolute atomic E-state index is 11.0. The van der Waals surface area contributed by atoms with E-state index in [-0.39, 0.29) is 26.0 Å². The van der Waals surface area contributed by atoms with E-state index in [0.29, 0.717) is 10.7 Å². The van der Waals surface area contributed by atoms with Gasteiger partial charge in [-0.1, -0.05) is 0 Å². The predicted molar refractivity (Wildman–Crippen MR) is 75.3 cm³/mol. The second-order valence-electron chi connectivity index (χ2n) is 5.01. The number of rotatable bonds is 5. The molecule has 0 spiro atoms. The Kier molecular flexibility index (Phi) is 4.08. The van der Waals surface area contributed by atoms with Gasteiger partial charge in [-0.15, -0.1) is 0 Å². The van der Waals surface area contributed by atoms with Crippen LogP contribution < -0.4 is 20.9 Å². The van der Waals surface area contributed by atoms with Crippen LogP contribution in [-0.4, -0.2) is 42.7 Å². The van der Waals surface area contributed by atoms with Gasteiger partial charge in [-0.25, -0.2) is 0 Å². The number of nitro benzene ring substituents is 1. The molecule has 0 aromatic heterocycles. The molecule has 0 fully saturated rings. The van der Waals surface area contributed by atoms with Crippen LogP contribution in [0.1, 0.15) is 13.8 Å². The number of nitrogens with two attached hydrogens (primary N) is 1. The number of hydrogen-bond acceptors (Lipinski definition) is 6. The second-order valence-corrected chi connectivity index (χ2v) is 7.24. The van der Waals surface area contributed by atoms with Crippen molar-refractivity contribution in [1.29, 1.82) is 0 Å². The molecule has 21 heavy (non-hydrogen) atoms. The van der Waals surface area contributed by atoms with Gasteiger partial charge in [0.25, 0.3) is 0 Å². The number of aliphatic carboxylic acids is 1. The molecule has 1 aliphatic rings. The Morgan fingerprint density at radius 1 is 1.48 bits per heavy atom. The molecule has 112 valence electrons. The summed E-state index contributed by atoms with van der Waals surface area (Å²) >= 11 is -0.240. The van der Waals surface area contributed by atoms with Crippen LogP contribution in [0, 0.1) is 10.1 Å². The molecule has 1 aromatic carbocycles. The zero-order valence-electron chi connectivity index (χ0n) is 11.4. The molecular formula is C12H14N4O4Se. The van der Waals surface area contributed by atoms with Crippen LogP contribution in [0.5, 0.6) is 0 Å². The Morgan fingerprint density at radius 2 is 2.10 bits per heavy atom. The molecule has 1 aromatic rings. The average molecular weight is 357 g/mol. The van der Waals surface area contributed by atoms with Crippen LogP contribution in [0.25, 0.3) is 0 Å². The van der Waals surface area contributed by atoms with Crippen molar-refractivity contribution in [3.63, 3.8) is 0 Å². The van der Waals surface area contributed by atoms with E-state index in [1.807, 2.05) is 0 Å². The summed E-state index contributed by atoms with van der Waals surface area (Å²) < 4.78 is 0.786. The number of carboxylic acid groups (broad SMARTS) is 1. The number of nitrogens with zero attached hydrogens (tertiary/aromatic N) is 3. The van der Waals surface area contributed by atoms with Crippen molar-refractivity contribution in [2.24, 2.45) is 15.7 Å². The van der Waals surface area contributed by atoms with E-state index < -0.39 is 22.6 Å². The van der Waals surface area contributed by atoms with E-state index in [9.17, 15) is 14.9 Å². The summed E-state index contributed by atoms with van der Waals surface area (Å²) in [7, 11) is 0. The molecule has 8 nitrogen and oxygen atoms in total. The van der Waals surface area contributed by atoms with Gasteiger partial charge in [0.15, 0.2) is 0 Å². The number of carbonyl (C=O) groups is 1. The summed E-state index contributed by atoms with van der Waals surface area (Å²) in [5.41, 5.74) is 4.67. The Bertz CT molecular complexity index is 732. The van der Waals surface area contributed by atoms with Crippen molar-refractivity contribution in [3.05, 3.63) is 33.0 Å². The third-order valence-electron chi connectivity index (χ3n) is 2.80. The molecule has 0 amide bonds. The molecule has 1 unspecified atom stereocenters. The van der Waals surface area contributed by atoms with Crippen LogP contribution in [-0.2, 0) is 4.79 Å². The van der Waals surface area contributed by atoms with Gasteiger partial charge < -0.3 is 0 Å². The van der Waals surface area contributed by atoms with E-state index in [2.05, 4.69) is 9.98 Å². The van der Waals surface area contributed by atoms with Crippen molar-refractivity contribution >= 4 is 31.1 Å². The first-order chi connectivity index (χ1) is 9.71. The van der Waals surface area contributed by atoms with Gasteiger partial charge in [0, 0.05) is 0 Å². The topological polar surface area (TPSA) is 131 Å².